The normalized spacial score (nSPS) is 15.6. The van der Waals surface area contributed by atoms with Crippen LogP contribution in [-0.2, 0) is 20.9 Å². The van der Waals surface area contributed by atoms with E-state index in [9.17, 15) is 23.1 Å². The number of carbonyl (C=O) groups excluding carboxylic acids is 1. The second-order valence-corrected chi connectivity index (χ2v) is 7.91. The third-order valence-electron chi connectivity index (χ3n) is 4.29. The summed E-state index contributed by atoms with van der Waals surface area (Å²) >= 11 is 0. The second-order valence-electron chi connectivity index (χ2n) is 6.26. The summed E-state index contributed by atoms with van der Waals surface area (Å²) in [7, 11) is 1.39. The number of para-hydroxylation sites is 1. The van der Waals surface area contributed by atoms with Gasteiger partial charge in [0.15, 0.2) is 5.69 Å². The van der Waals surface area contributed by atoms with Crippen molar-refractivity contribution < 1.29 is 27.8 Å². The lowest BCUT2D eigenvalue weighted by molar-refractivity contribution is -0.142. The van der Waals surface area contributed by atoms with Crippen LogP contribution in [0.3, 0.4) is 0 Å². The third-order valence-corrected chi connectivity index (χ3v) is 5.57. The van der Waals surface area contributed by atoms with Crippen LogP contribution in [0.15, 0.2) is 24.4 Å². The molecule has 6 nitrogen and oxygen atoms in total. The first-order valence-corrected chi connectivity index (χ1v) is 8.73. The number of phenols is 1. The fourth-order valence-corrected chi connectivity index (χ4v) is 3.44. The molecular formula is C16H20F3N3O3Si. The lowest BCUT2D eigenvalue weighted by Crippen LogP contribution is -2.48. The molecule has 10 heteroatoms. The Morgan fingerprint density at radius 2 is 2.12 bits per heavy atom. The number of aldehydes is 1. The monoisotopic (exact) mass is 387 g/mol. The Kier molecular flexibility index (Phi) is 5.59. The molecule has 142 valence electrons. The summed E-state index contributed by atoms with van der Waals surface area (Å²) in [6.45, 7) is 1.53. The Balaban J connectivity index is 2.70. The summed E-state index contributed by atoms with van der Waals surface area (Å²) in [5.41, 5.74) is 5.36. The van der Waals surface area contributed by atoms with Gasteiger partial charge in [-0.15, -0.1) is 0 Å². The number of methoxy groups -OCH3 is 1. The number of aromatic hydroxyl groups is 1. The summed E-state index contributed by atoms with van der Waals surface area (Å²) in [6.07, 6.45) is -3.14. The molecule has 0 aliphatic heterocycles. The van der Waals surface area contributed by atoms with Crippen molar-refractivity contribution in [2.75, 3.05) is 13.7 Å². The summed E-state index contributed by atoms with van der Waals surface area (Å²) < 4.78 is 46.6. The number of rotatable bonds is 6. The van der Waals surface area contributed by atoms with Gasteiger partial charge in [-0.1, -0.05) is 12.1 Å². The molecule has 2 atom stereocenters. The van der Waals surface area contributed by atoms with E-state index in [1.54, 1.807) is 19.1 Å². The predicted molar refractivity (Wildman–Crippen MR) is 92.2 cm³/mol. The Morgan fingerprint density at radius 3 is 2.62 bits per heavy atom. The molecular weight excluding hydrogens is 367 g/mol. The maximum atomic E-state index is 13.6. The molecule has 0 saturated heterocycles. The highest BCUT2D eigenvalue weighted by atomic mass is 28.1. The number of alkyl halides is 3. The average molecular weight is 387 g/mol. The van der Waals surface area contributed by atoms with Gasteiger partial charge in [0, 0.05) is 34.3 Å². The van der Waals surface area contributed by atoms with Gasteiger partial charge in [-0.05, 0) is 18.6 Å². The van der Waals surface area contributed by atoms with E-state index >= 15 is 0 Å². The fraction of sp³-hybridized carbons (Fsp3) is 0.375. The van der Waals surface area contributed by atoms with Crippen molar-refractivity contribution in [3.63, 3.8) is 0 Å². The van der Waals surface area contributed by atoms with Gasteiger partial charge in [-0.25, -0.2) is 4.68 Å². The smallest absolute Gasteiger partial charge is 0.435 e. The van der Waals surface area contributed by atoms with Crippen LogP contribution in [0, 0.1) is 12.8 Å². The maximum absolute atomic E-state index is 13.6. The van der Waals surface area contributed by atoms with E-state index in [0.29, 0.717) is 11.8 Å². The van der Waals surface area contributed by atoms with Crippen molar-refractivity contribution in [2.45, 2.75) is 18.3 Å². The standard InChI is InChI=1S/C16H20F3N3O3Si/c1-9-4-3-5-12(24)13(9)22-6-11(14(21-22)16(17,18)19)15(20,26)10(7-23)8-25-2/h3-7,10,24H,8,20H2,1-2,26H3/t10?,15-/m0/s1. The molecule has 0 amide bonds. The van der Waals surface area contributed by atoms with Crippen LogP contribution in [0.4, 0.5) is 13.2 Å². The average Bonchev–Trinajstić information content (AvgIpc) is 2.98. The van der Waals surface area contributed by atoms with Gasteiger partial charge in [-0.3, -0.25) is 0 Å². The zero-order valence-electron chi connectivity index (χ0n) is 14.5. The van der Waals surface area contributed by atoms with Gasteiger partial charge in [0.05, 0.1) is 12.5 Å². The van der Waals surface area contributed by atoms with Crippen LogP contribution in [0.5, 0.6) is 5.75 Å². The lowest BCUT2D eigenvalue weighted by atomic mass is 9.94. The topological polar surface area (TPSA) is 90.4 Å². The van der Waals surface area contributed by atoms with E-state index in [4.69, 9.17) is 10.5 Å². The fourth-order valence-electron chi connectivity index (χ4n) is 2.77. The van der Waals surface area contributed by atoms with Crippen LogP contribution < -0.4 is 5.73 Å². The third kappa shape index (κ3) is 3.66. The predicted octanol–water partition coefficient (Wildman–Crippen LogP) is 0.844. The van der Waals surface area contributed by atoms with E-state index in [1.807, 2.05) is 0 Å². The highest BCUT2D eigenvalue weighted by Gasteiger charge is 2.44. The first-order chi connectivity index (χ1) is 12.0. The van der Waals surface area contributed by atoms with Gasteiger partial charge >= 0.3 is 6.18 Å². The van der Waals surface area contributed by atoms with Gasteiger partial charge in [0.1, 0.15) is 17.7 Å². The van der Waals surface area contributed by atoms with Crippen LogP contribution in [-0.4, -0.2) is 45.1 Å². The summed E-state index contributed by atoms with van der Waals surface area (Å²) in [5, 5.41) is 12.1. The molecule has 0 radical (unpaired) electrons. The van der Waals surface area contributed by atoms with E-state index in [0.717, 1.165) is 10.9 Å². The highest BCUT2D eigenvalue weighted by Crippen LogP contribution is 2.38. The van der Waals surface area contributed by atoms with Crippen molar-refractivity contribution in [2.24, 2.45) is 11.7 Å². The molecule has 2 aromatic rings. The molecule has 0 fully saturated rings. The minimum Gasteiger partial charge on any atom is -0.506 e. The largest absolute Gasteiger partial charge is 0.506 e. The number of nitrogens with two attached hydrogens (primary N) is 1. The lowest BCUT2D eigenvalue weighted by Gasteiger charge is -2.30. The van der Waals surface area contributed by atoms with Crippen LogP contribution in [0.1, 0.15) is 16.8 Å². The first kappa shape index (κ1) is 20.1. The van der Waals surface area contributed by atoms with Crippen molar-refractivity contribution in [3.05, 3.63) is 41.2 Å². The van der Waals surface area contributed by atoms with E-state index in [2.05, 4.69) is 5.10 Å². The number of carbonyl (C=O) groups is 1. The Labute approximate surface area is 151 Å². The first-order valence-electron chi connectivity index (χ1n) is 7.73. The Hall–Kier alpha value is -2.17. The number of aryl methyl sites for hydroxylation is 1. The van der Waals surface area contributed by atoms with Crippen molar-refractivity contribution in [1.29, 1.82) is 0 Å². The molecule has 3 N–H and O–H groups in total. The zero-order valence-corrected chi connectivity index (χ0v) is 16.5. The molecule has 1 unspecified atom stereocenters. The summed E-state index contributed by atoms with van der Waals surface area (Å²) in [4.78, 5) is 11.4. The molecule has 2 rings (SSSR count). The zero-order chi connectivity index (χ0) is 19.7. The maximum Gasteiger partial charge on any atom is 0.435 e. The molecule has 0 saturated carbocycles. The molecule has 26 heavy (non-hydrogen) atoms. The number of hydrogen-bond acceptors (Lipinski definition) is 5. The van der Waals surface area contributed by atoms with E-state index in [1.165, 1.54) is 13.2 Å². The van der Waals surface area contributed by atoms with Crippen molar-refractivity contribution in [1.82, 2.24) is 9.78 Å². The van der Waals surface area contributed by atoms with E-state index < -0.39 is 23.0 Å². The molecule has 0 aliphatic carbocycles. The summed E-state index contributed by atoms with van der Waals surface area (Å²) in [5.74, 6) is -1.17. The Morgan fingerprint density at radius 1 is 1.46 bits per heavy atom. The van der Waals surface area contributed by atoms with Crippen molar-refractivity contribution in [3.8, 4) is 11.4 Å². The van der Waals surface area contributed by atoms with Gasteiger partial charge in [-0.2, -0.15) is 18.3 Å². The number of benzene rings is 1. The van der Waals surface area contributed by atoms with Crippen LogP contribution >= 0.6 is 0 Å². The molecule has 0 aliphatic rings. The number of phenolic OH excluding ortho intramolecular Hbond substituents is 1. The molecule has 0 bridgehead atoms. The van der Waals surface area contributed by atoms with E-state index in [-0.39, 0.29) is 33.8 Å². The number of ether oxygens (including phenoxy) is 1. The SMILES string of the molecule is COCC(C=O)[C@](N)([SiH3])c1cn(-c2c(C)cccc2O)nc1C(F)(F)F. The molecule has 0 spiro atoms. The minimum atomic E-state index is -4.77. The van der Waals surface area contributed by atoms with Gasteiger partial charge in [0.25, 0.3) is 0 Å². The summed E-state index contributed by atoms with van der Waals surface area (Å²) in [6, 6.07) is 4.57. The minimum absolute atomic E-state index is 0.0478. The highest BCUT2D eigenvalue weighted by molar-refractivity contribution is 6.17. The van der Waals surface area contributed by atoms with Crippen LogP contribution in [0.2, 0.25) is 0 Å². The second kappa shape index (κ2) is 7.21. The molecule has 1 aromatic heterocycles. The quantitative estimate of drug-likeness (QED) is 0.566. The number of halogens is 3. The van der Waals surface area contributed by atoms with Gasteiger partial charge < -0.3 is 20.4 Å². The Bertz CT molecular complexity index is 786. The van der Waals surface area contributed by atoms with Crippen LogP contribution in [0.25, 0.3) is 5.69 Å². The number of nitrogens with zero attached hydrogens (tertiary/aromatic N) is 2. The molecule has 1 heterocycles. The van der Waals surface area contributed by atoms with Gasteiger partial charge in [0.2, 0.25) is 0 Å². The van der Waals surface area contributed by atoms with Crippen molar-refractivity contribution >= 4 is 16.5 Å². The number of aromatic nitrogens is 2. The number of hydrogen-bond donors (Lipinski definition) is 2. The molecule has 1 aromatic carbocycles.